The maximum Gasteiger partial charge on any atom is 0.223 e. The fourth-order valence-electron chi connectivity index (χ4n) is 1.70. The first-order valence-electron chi connectivity index (χ1n) is 6.02. The molecule has 1 aromatic heterocycles. The summed E-state index contributed by atoms with van der Waals surface area (Å²) in [5.41, 5.74) is 7.90. The van der Waals surface area contributed by atoms with Crippen LogP contribution in [-0.2, 0) is 5.41 Å². The van der Waals surface area contributed by atoms with Gasteiger partial charge < -0.3 is 11.1 Å². The second-order valence-corrected chi connectivity index (χ2v) is 5.77. The molecule has 100 valence electrons. The highest BCUT2D eigenvalue weighted by Crippen LogP contribution is 2.25. The van der Waals surface area contributed by atoms with E-state index in [1.807, 2.05) is 12.1 Å². The van der Waals surface area contributed by atoms with Crippen LogP contribution in [0.5, 0.6) is 0 Å². The number of halogens is 1. The highest BCUT2D eigenvalue weighted by Gasteiger charge is 2.12. The molecule has 0 atom stereocenters. The Kier molecular flexibility index (Phi) is 3.62. The zero-order valence-corrected chi connectivity index (χ0v) is 12.0. The van der Waals surface area contributed by atoms with E-state index >= 15 is 0 Å². The lowest BCUT2D eigenvalue weighted by Crippen LogP contribution is -2.10. The lowest BCUT2D eigenvalue weighted by molar-refractivity contribution is 0.590. The van der Waals surface area contributed by atoms with Crippen molar-refractivity contribution in [2.75, 3.05) is 11.1 Å². The van der Waals surface area contributed by atoms with Crippen molar-refractivity contribution in [1.29, 1.82) is 0 Å². The highest BCUT2D eigenvalue weighted by molar-refractivity contribution is 6.29. The molecule has 0 saturated heterocycles. The Bertz CT molecular complexity index is 553. The van der Waals surface area contributed by atoms with Crippen LogP contribution in [0.15, 0.2) is 30.3 Å². The average molecular weight is 277 g/mol. The van der Waals surface area contributed by atoms with Crippen molar-refractivity contribution in [3.05, 3.63) is 41.0 Å². The topological polar surface area (TPSA) is 63.8 Å². The Morgan fingerprint density at radius 3 is 2.26 bits per heavy atom. The molecule has 19 heavy (non-hydrogen) atoms. The number of aromatic nitrogens is 2. The zero-order valence-electron chi connectivity index (χ0n) is 11.2. The molecule has 0 aliphatic carbocycles. The number of anilines is 3. The van der Waals surface area contributed by atoms with Crippen molar-refractivity contribution >= 4 is 29.1 Å². The van der Waals surface area contributed by atoms with Crippen molar-refractivity contribution in [1.82, 2.24) is 9.97 Å². The van der Waals surface area contributed by atoms with Gasteiger partial charge in [-0.25, -0.2) is 4.98 Å². The lowest BCUT2D eigenvalue weighted by atomic mass is 9.87. The van der Waals surface area contributed by atoms with Gasteiger partial charge in [-0.05, 0) is 23.1 Å². The summed E-state index contributed by atoms with van der Waals surface area (Å²) in [5, 5.41) is 3.47. The van der Waals surface area contributed by atoms with E-state index in [1.165, 1.54) is 5.56 Å². The summed E-state index contributed by atoms with van der Waals surface area (Å²) in [7, 11) is 0. The normalized spacial score (nSPS) is 11.4. The van der Waals surface area contributed by atoms with Crippen molar-refractivity contribution < 1.29 is 0 Å². The van der Waals surface area contributed by atoms with E-state index < -0.39 is 0 Å². The number of nitrogens with zero attached hydrogens (tertiary/aromatic N) is 2. The molecule has 0 radical (unpaired) electrons. The Labute approximate surface area is 118 Å². The van der Waals surface area contributed by atoms with E-state index in [1.54, 1.807) is 6.07 Å². The Hall–Kier alpha value is -1.81. The number of nitrogens with two attached hydrogens (primary N) is 1. The molecule has 1 heterocycles. The summed E-state index contributed by atoms with van der Waals surface area (Å²) < 4.78 is 0. The van der Waals surface area contributed by atoms with Crippen molar-refractivity contribution in [2.24, 2.45) is 0 Å². The van der Waals surface area contributed by atoms with E-state index in [4.69, 9.17) is 17.3 Å². The van der Waals surface area contributed by atoms with E-state index in [-0.39, 0.29) is 11.4 Å². The number of rotatable bonds is 2. The molecule has 0 saturated carbocycles. The number of hydrogen-bond donors (Lipinski definition) is 2. The van der Waals surface area contributed by atoms with Gasteiger partial charge in [0.25, 0.3) is 0 Å². The quantitative estimate of drug-likeness (QED) is 0.820. The van der Waals surface area contributed by atoms with Crippen LogP contribution in [0.25, 0.3) is 0 Å². The number of nitrogen functional groups attached to an aromatic ring is 1. The predicted octanol–water partition coefficient (Wildman–Crippen LogP) is 3.75. The van der Waals surface area contributed by atoms with Crippen molar-refractivity contribution in [3.63, 3.8) is 0 Å². The van der Waals surface area contributed by atoms with Gasteiger partial charge in [0.05, 0.1) is 0 Å². The van der Waals surface area contributed by atoms with E-state index in [9.17, 15) is 0 Å². The third kappa shape index (κ3) is 3.58. The third-order valence-corrected chi connectivity index (χ3v) is 2.93. The first-order valence-corrected chi connectivity index (χ1v) is 6.40. The minimum absolute atomic E-state index is 0.140. The van der Waals surface area contributed by atoms with Crippen LogP contribution in [0.4, 0.5) is 17.5 Å². The summed E-state index contributed by atoms with van der Waals surface area (Å²) in [6.45, 7) is 6.54. The molecule has 0 unspecified atom stereocenters. The van der Waals surface area contributed by atoms with Crippen LogP contribution in [0.2, 0.25) is 5.15 Å². The molecule has 0 fully saturated rings. The van der Waals surface area contributed by atoms with Gasteiger partial charge in [0.1, 0.15) is 11.0 Å². The second kappa shape index (κ2) is 5.05. The maximum atomic E-state index is 5.83. The van der Waals surface area contributed by atoms with E-state index in [2.05, 4.69) is 48.2 Å². The fourth-order valence-corrected chi connectivity index (χ4v) is 1.89. The lowest BCUT2D eigenvalue weighted by Gasteiger charge is -2.19. The Morgan fingerprint density at radius 1 is 1.11 bits per heavy atom. The smallest absolute Gasteiger partial charge is 0.223 e. The van der Waals surface area contributed by atoms with Crippen molar-refractivity contribution in [3.8, 4) is 0 Å². The molecule has 0 spiro atoms. The average Bonchev–Trinajstić information content (AvgIpc) is 2.26. The minimum atomic E-state index is 0.140. The summed E-state index contributed by atoms with van der Waals surface area (Å²) >= 11 is 5.83. The van der Waals surface area contributed by atoms with Gasteiger partial charge in [-0.15, -0.1) is 0 Å². The molecule has 3 N–H and O–H groups in total. The van der Waals surface area contributed by atoms with E-state index in [0.717, 1.165) is 5.69 Å². The summed E-state index contributed by atoms with van der Waals surface area (Å²) in [5.74, 6) is 0.738. The highest BCUT2D eigenvalue weighted by atomic mass is 35.5. The molecule has 0 amide bonds. The molecule has 0 bridgehead atoms. The SMILES string of the molecule is CC(C)(C)c1ccc(Nc2cc(Cl)nc(N)n2)cc1. The number of hydrogen-bond acceptors (Lipinski definition) is 4. The van der Waals surface area contributed by atoms with Crippen LogP contribution >= 0.6 is 11.6 Å². The first kappa shape index (κ1) is 13.6. The fraction of sp³-hybridized carbons (Fsp3) is 0.286. The van der Waals surface area contributed by atoms with Gasteiger partial charge in [0.2, 0.25) is 5.95 Å². The van der Waals surface area contributed by atoms with Crippen LogP contribution in [0, 0.1) is 0 Å². The molecule has 0 aliphatic heterocycles. The first-order chi connectivity index (χ1) is 8.84. The third-order valence-electron chi connectivity index (χ3n) is 2.74. The standard InChI is InChI=1S/C14H17ClN4/c1-14(2,3)9-4-6-10(7-5-9)17-12-8-11(15)18-13(16)19-12/h4-8H,1-3H3,(H3,16,17,18,19). The minimum Gasteiger partial charge on any atom is -0.368 e. The van der Waals surface area contributed by atoms with Gasteiger partial charge in [0.15, 0.2) is 0 Å². The van der Waals surface area contributed by atoms with Gasteiger partial charge in [-0.2, -0.15) is 4.98 Å². The molecule has 1 aromatic carbocycles. The molecular weight excluding hydrogens is 260 g/mol. The molecule has 0 aliphatic rings. The van der Waals surface area contributed by atoms with Gasteiger partial charge in [-0.1, -0.05) is 44.5 Å². The number of nitrogens with one attached hydrogen (secondary N) is 1. The summed E-state index contributed by atoms with van der Waals surface area (Å²) in [4.78, 5) is 7.89. The van der Waals surface area contributed by atoms with Gasteiger partial charge in [0, 0.05) is 11.8 Å². The van der Waals surface area contributed by atoms with Crippen LogP contribution in [-0.4, -0.2) is 9.97 Å². The molecule has 2 aromatic rings. The van der Waals surface area contributed by atoms with E-state index in [0.29, 0.717) is 11.0 Å². The van der Waals surface area contributed by atoms with Crippen LogP contribution in [0.3, 0.4) is 0 Å². The largest absolute Gasteiger partial charge is 0.368 e. The monoisotopic (exact) mass is 276 g/mol. The molecule has 4 nitrogen and oxygen atoms in total. The zero-order chi connectivity index (χ0) is 14.0. The molecule has 2 rings (SSSR count). The predicted molar refractivity (Wildman–Crippen MR) is 79.9 cm³/mol. The Morgan fingerprint density at radius 2 is 1.74 bits per heavy atom. The van der Waals surface area contributed by atoms with Gasteiger partial charge in [-0.3, -0.25) is 0 Å². The maximum absolute atomic E-state index is 5.83. The molecular formula is C14H17ClN4. The number of benzene rings is 1. The molecule has 5 heteroatoms. The summed E-state index contributed by atoms with van der Waals surface area (Å²) in [6.07, 6.45) is 0. The second-order valence-electron chi connectivity index (χ2n) is 5.39. The van der Waals surface area contributed by atoms with Crippen molar-refractivity contribution in [2.45, 2.75) is 26.2 Å². The van der Waals surface area contributed by atoms with Gasteiger partial charge >= 0.3 is 0 Å². The summed E-state index contributed by atoms with van der Waals surface area (Å²) in [6, 6.07) is 9.83. The van der Waals surface area contributed by atoms with Crippen LogP contribution < -0.4 is 11.1 Å². The Balaban J connectivity index is 2.20. The van der Waals surface area contributed by atoms with Crippen LogP contribution in [0.1, 0.15) is 26.3 Å².